The molecule has 4 amide bonds. The third-order valence-corrected chi connectivity index (χ3v) is 3.74. The van der Waals surface area contributed by atoms with Crippen molar-refractivity contribution in [2.75, 3.05) is 6.61 Å². The van der Waals surface area contributed by atoms with Gasteiger partial charge in [-0.2, -0.15) is 0 Å². The summed E-state index contributed by atoms with van der Waals surface area (Å²) in [5.74, 6) is -0.310. The van der Waals surface area contributed by atoms with Crippen LogP contribution in [0, 0.1) is 5.92 Å². The molecule has 23 heavy (non-hydrogen) atoms. The molecule has 0 aromatic carbocycles. The molecule has 8 heteroatoms. The first-order valence-electron chi connectivity index (χ1n) is 7.46. The van der Waals surface area contributed by atoms with E-state index in [1.807, 2.05) is 13.8 Å². The maximum Gasteiger partial charge on any atom is 0.325 e. The summed E-state index contributed by atoms with van der Waals surface area (Å²) < 4.78 is 5.12. The van der Waals surface area contributed by atoms with Gasteiger partial charge >= 0.3 is 6.03 Å². The Labute approximate surface area is 133 Å². The molecule has 3 N–H and O–H groups in total. The summed E-state index contributed by atoms with van der Waals surface area (Å²) in [5, 5.41) is 14.4. The van der Waals surface area contributed by atoms with E-state index in [4.69, 9.17) is 4.42 Å². The van der Waals surface area contributed by atoms with Gasteiger partial charge < -0.3 is 20.2 Å². The summed E-state index contributed by atoms with van der Waals surface area (Å²) in [6, 6.07) is 1.50. The van der Waals surface area contributed by atoms with Crippen LogP contribution in [0.5, 0.6) is 0 Å². The second kappa shape index (κ2) is 7.28. The topological polar surface area (TPSA) is 112 Å². The third kappa shape index (κ3) is 4.10. The van der Waals surface area contributed by atoms with Crippen molar-refractivity contribution in [3.05, 3.63) is 24.2 Å². The number of nitrogens with one attached hydrogen (secondary N) is 2. The Morgan fingerprint density at radius 3 is 2.78 bits per heavy atom. The second-order valence-corrected chi connectivity index (χ2v) is 5.81. The van der Waals surface area contributed by atoms with Crippen LogP contribution in [0.3, 0.4) is 0 Å². The highest BCUT2D eigenvalue weighted by Crippen LogP contribution is 2.14. The highest BCUT2D eigenvalue weighted by atomic mass is 16.3. The van der Waals surface area contributed by atoms with Crippen LogP contribution in [0.4, 0.5) is 4.79 Å². The van der Waals surface area contributed by atoms with Crippen LogP contribution < -0.4 is 10.6 Å². The Morgan fingerprint density at radius 1 is 1.48 bits per heavy atom. The van der Waals surface area contributed by atoms with Gasteiger partial charge in [-0.05, 0) is 18.1 Å². The molecule has 2 rings (SSSR count). The monoisotopic (exact) mass is 323 g/mol. The van der Waals surface area contributed by atoms with Gasteiger partial charge in [-0.1, -0.05) is 13.8 Å². The zero-order valence-electron chi connectivity index (χ0n) is 13.1. The molecule has 1 aromatic rings. The Bertz CT molecular complexity index is 570. The van der Waals surface area contributed by atoms with E-state index >= 15 is 0 Å². The van der Waals surface area contributed by atoms with Crippen LogP contribution in [0.1, 0.15) is 26.0 Å². The minimum Gasteiger partial charge on any atom is -0.467 e. The summed E-state index contributed by atoms with van der Waals surface area (Å²) in [6.07, 6.45) is 1.29. The molecule has 0 spiro atoms. The second-order valence-electron chi connectivity index (χ2n) is 5.81. The molecule has 1 aliphatic rings. The van der Waals surface area contributed by atoms with Gasteiger partial charge in [-0.3, -0.25) is 14.5 Å². The molecular weight excluding hydrogens is 302 g/mol. The molecule has 0 unspecified atom stereocenters. The number of rotatable bonds is 7. The molecule has 0 bridgehead atoms. The largest absolute Gasteiger partial charge is 0.467 e. The summed E-state index contributed by atoms with van der Waals surface area (Å²) in [7, 11) is 0. The minimum absolute atomic E-state index is 0.0288. The smallest absolute Gasteiger partial charge is 0.325 e. The molecule has 1 saturated heterocycles. The van der Waals surface area contributed by atoms with E-state index in [0.717, 1.165) is 4.90 Å². The van der Waals surface area contributed by atoms with E-state index in [2.05, 4.69) is 10.6 Å². The van der Waals surface area contributed by atoms with Gasteiger partial charge in [0.25, 0.3) is 5.91 Å². The van der Waals surface area contributed by atoms with Gasteiger partial charge in [-0.25, -0.2) is 4.79 Å². The third-order valence-electron chi connectivity index (χ3n) is 3.74. The number of aliphatic hydroxyl groups is 1. The van der Waals surface area contributed by atoms with Crippen molar-refractivity contribution in [2.45, 2.75) is 38.9 Å². The Morgan fingerprint density at radius 2 is 2.22 bits per heavy atom. The molecule has 0 saturated carbocycles. The van der Waals surface area contributed by atoms with Crippen molar-refractivity contribution in [2.24, 2.45) is 5.92 Å². The Balaban J connectivity index is 1.92. The quantitative estimate of drug-likeness (QED) is 0.622. The van der Waals surface area contributed by atoms with Crippen molar-refractivity contribution < 1.29 is 23.9 Å². The van der Waals surface area contributed by atoms with Crippen molar-refractivity contribution >= 4 is 17.8 Å². The van der Waals surface area contributed by atoms with Gasteiger partial charge in [0.2, 0.25) is 5.91 Å². The van der Waals surface area contributed by atoms with E-state index in [1.165, 1.54) is 6.26 Å². The van der Waals surface area contributed by atoms with Crippen molar-refractivity contribution in [1.29, 1.82) is 0 Å². The first kappa shape index (κ1) is 17.0. The number of hydrogen-bond donors (Lipinski definition) is 3. The molecule has 126 valence electrons. The minimum atomic E-state index is -0.899. The molecular formula is C15H21N3O5. The highest BCUT2D eigenvalue weighted by Gasteiger charge is 2.39. The number of carbonyl (C=O) groups is 3. The summed E-state index contributed by atoms with van der Waals surface area (Å²) >= 11 is 0. The van der Waals surface area contributed by atoms with Crippen LogP contribution in [-0.4, -0.2) is 46.5 Å². The maximum absolute atomic E-state index is 12.2. The number of urea groups is 1. The number of imide groups is 1. The average molecular weight is 323 g/mol. The van der Waals surface area contributed by atoms with E-state index in [-0.39, 0.29) is 31.5 Å². The standard InChI is InChI=1S/C15H21N3O5/c1-9(2)12(8-19)16-13(20)6-11-14(21)18(15(22)17-11)7-10-4-3-5-23-10/h3-5,9,11-12,19H,6-8H2,1-2H3,(H,16,20)(H,17,22)/t11-,12-/m1/s1. The fraction of sp³-hybridized carbons (Fsp3) is 0.533. The van der Waals surface area contributed by atoms with Crippen molar-refractivity contribution in [3.8, 4) is 0 Å². The first-order chi connectivity index (χ1) is 10.9. The van der Waals surface area contributed by atoms with Crippen molar-refractivity contribution in [1.82, 2.24) is 15.5 Å². The summed E-state index contributed by atoms with van der Waals surface area (Å²) in [5.41, 5.74) is 0. The molecule has 0 aliphatic carbocycles. The first-order valence-corrected chi connectivity index (χ1v) is 7.46. The van der Waals surface area contributed by atoms with Crippen LogP contribution >= 0.6 is 0 Å². The Kier molecular flexibility index (Phi) is 5.38. The van der Waals surface area contributed by atoms with E-state index in [0.29, 0.717) is 5.76 Å². The molecule has 2 heterocycles. The van der Waals surface area contributed by atoms with Gasteiger partial charge in [-0.15, -0.1) is 0 Å². The molecule has 2 atom stereocenters. The molecule has 0 radical (unpaired) electrons. The zero-order valence-corrected chi connectivity index (χ0v) is 13.1. The van der Waals surface area contributed by atoms with Gasteiger partial charge in [0.05, 0.1) is 31.9 Å². The fourth-order valence-corrected chi connectivity index (χ4v) is 2.30. The van der Waals surface area contributed by atoms with Crippen LogP contribution in [-0.2, 0) is 16.1 Å². The van der Waals surface area contributed by atoms with Gasteiger partial charge in [0.15, 0.2) is 0 Å². The fourth-order valence-electron chi connectivity index (χ4n) is 2.30. The molecule has 1 aromatic heterocycles. The summed E-state index contributed by atoms with van der Waals surface area (Å²) in [6.45, 7) is 3.59. The number of amides is 4. The highest BCUT2D eigenvalue weighted by molar-refractivity contribution is 6.05. The predicted octanol–water partition coefficient (Wildman–Crippen LogP) is 0.223. The lowest BCUT2D eigenvalue weighted by Crippen LogP contribution is -2.44. The van der Waals surface area contributed by atoms with E-state index < -0.39 is 23.9 Å². The van der Waals surface area contributed by atoms with Crippen LogP contribution in [0.25, 0.3) is 0 Å². The lowest BCUT2D eigenvalue weighted by Gasteiger charge is -2.20. The normalized spacial score (nSPS) is 19.1. The van der Waals surface area contributed by atoms with E-state index in [9.17, 15) is 19.5 Å². The maximum atomic E-state index is 12.2. The SMILES string of the molecule is CC(C)[C@@H](CO)NC(=O)C[C@H]1NC(=O)N(Cc2ccco2)C1=O. The molecule has 1 aliphatic heterocycles. The Hall–Kier alpha value is -2.35. The summed E-state index contributed by atoms with van der Waals surface area (Å²) in [4.78, 5) is 37.1. The van der Waals surface area contributed by atoms with E-state index in [1.54, 1.807) is 12.1 Å². The number of hydrogen-bond acceptors (Lipinski definition) is 5. The number of nitrogens with zero attached hydrogens (tertiary/aromatic N) is 1. The number of furan rings is 1. The number of carbonyl (C=O) groups excluding carboxylic acids is 3. The van der Waals surface area contributed by atoms with Crippen LogP contribution in [0.15, 0.2) is 22.8 Å². The van der Waals surface area contributed by atoms with Crippen molar-refractivity contribution in [3.63, 3.8) is 0 Å². The molecule has 8 nitrogen and oxygen atoms in total. The van der Waals surface area contributed by atoms with Gasteiger partial charge in [0.1, 0.15) is 11.8 Å². The lowest BCUT2D eigenvalue weighted by atomic mass is 10.0. The lowest BCUT2D eigenvalue weighted by molar-refractivity contribution is -0.131. The van der Waals surface area contributed by atoms with Gasteiger partial charge in [0, 0.05) is 0 Å². The predicted molar refractivity (Wildman–Crippen MR) is 80.0 cm³/mol. The average Bonchev–Trinajstić information content (AvgIpc) is 3.09. The van der Waals surface area contributed by atoms with Crippen LogP contribution in [0.2, 0.25) is 0 Å². The zero-order chi connectivity index (χ0) is 17.0. The number of aliphatic hydroxyl groups excluding tert-OH is 1. The molecule has 1 fully saturated rings.